The average molecular weight is 417 g/mol. The zero-order valence-electron chi connectivity index (χ0n) is 18.5. The second kappa shape index (κ2) is 9.11. The number of aromatic amines is 1. The van der Waals surface area contributed by atoms with Gasteiger partial charge in [-0.15, -0.1) is 0 Å². The van der Waals surface area contributed by atoms with Gasteiger partial charge in [0.2, 0.25) is 0 Å². The summed E-state index contributed by atoms with van der Waals surface area (Å²) in [6, 6.07) is 19.1. The van der Waals surface area contributed by atoms with Crippen molar-refractivity contribution in [2.24, 2.45) is 0 Å². The maximum Gasteiger partial charge on any atom is 0.303 e. The lowest BCUT2D eigenvalue weighted by Crippen LogP contribution is -2.47. The summed E-state index contributed by atoms with van der Waals surface area (Å²) >= 11 is 0. The molecule has 1 heterocycles. The number of allylic oxidation sites excluding steroid dienone is 1. The van der Waals surface area contributed by atoms with Gasteiger partial charge in [-0.2, -0.15) is 0 Å². The lowest BCUT2D eigenvalue weighted by Gasteiger charge is -2.42. The van der Waals surface area contributed by atoms with Crippen LogP contribution in [0.2, 0.25) is 0 Å². The van der Waals surface area contributed by atoms with Crippen LogP contribution in [0, 0.1) is 0 Å². The maximum absolute atomic E-state index is 11.0. The van der Waals surface area contributed by atoms with E-state index in [9.17, 15) is 4.79 Å². The van der Waals surface area contributed by atoms with Crippen LogP contribution < -0.4 is 0 Å². The number of hydrogen-bond acceptors (Lipinski definition) is 2. The fraction of sp³-hybridized carbons (Fsp3) is 0.370. The molecule has 2 aromatic carbocycles. The Morgan fingerprint density at radius 2 is 1.84 bits per heavy atom. The van der Waals surface area contributed by atoms with E-state index in [0.717, 1.165) is 37.6 Å². The van der Waals surface area contributed by atoms with Crippen LogP contribution in [-0.4, -0.2) is 40.6 Å². The number of nitrogens with zero attached hydrogens (tertiary/aromatic N) is 1. The van der Waals surface area contributed by atoms with Gasteiger partial charge < -0.3 is 15.0 Å². The van der Waals surface area contributed by atoms with Gasteiger partial charge in [0.1, 0.15) is 0 Å². The van der Waals surface area contributed by atoms with Crippen molar-refractivity contribution in [3.63, 3.8) is 0 Å². The molecule has 0 saturated carbocycles. The fourth-order valence-electron chi connectivity index (χ4n) is 4.96. The van der Waals surface area contributed by atoms with Crippen LogP contribution >= 0.6 is 0 Å². The van der Waals surface area contributed by atoms with E-state index in [1.54, 1.807) is 0 Å². The largest absolute Gasteiger partial charge is 0.481 e. The molecule has 1 aliphatic carbocycles. The molecule has 1 unspecified atom stereocenters. The maximum atomic E-state index is 11.0. The molecule has 0 bridgehead atoms. The topological polar surface area (TPSA) is 56.3 Å². The number of likely N-dealkylation sites (N-methyl/N-ethyl adjacent to an activating group) is 1. The molecule has 0 fully saturated rings. The number of para-hydroxylation sites is 1. The van der Waals surface area contributed by atoms with Crippen LogP contribution in [0.5, 0.6) is 0 Å². The number of aliphatic carboxylic acids is 1. The minimum Gasteiger partial charge on any atom is -0.481 e. The number of nitrogens with one attached hydrogen (secondary N) is 1. The average Bonchev–Trinajstić information content (AvgIpc) is 3.13. The van der Waals surface area contributed by atoms with E-state index in [1.807, 2.05) is 0 Å². The van der Waals surface area contributed by atoms with Crippen molar-refractivity contribution in [1.82, 2.24) is 9.88 Å². The highest BCUT2D eigenvalue weighted by Crippen LogP contribution is 2.40. The first-order valence-corrected chi connectivity index (χ1v) is 11.2. The summed E-state index contributed by atoms with van der Waals surface area (Å²) in [6.45, 7) is 0. The lowest BCUT2D eigenvalue weighted by molar-refractivity contribution is -0.137. The SMILES string of the molecule is CN(C)C1(Cc2ccccc2)CC=C(c2[nH]c3ccccc3c2CCCC(=O)O)CC1. The summed E-state index contributed by atoms with van der Waals surface area (Å²) in [5, 5.41) is 10.3. The van der Waals surface area contributed by atoms with E-state index < -0.39 is 5.97 Å². The molecule has 3 aromatic rings. The zero-order chi connectivity index (χ0) is 21.8. The Labute approximate surface area is 184 Å². The Morgan fingerprint density at radius 3 is 2.52 bits per heavy atom. The monoisotopic (exact) mass is 416 g/mol. The van der Waals surface area contributed by atoms with Gasteiger partial charge in [0, 0.05) is 28.6 Å². The van der Waals surface area contributed by atoms with Gasteiger partial charge in [0.05, 0.1) is 0 Å². The second-order valence-electron chi connectivity index (χ2n) is 8.99. The first-order valence-electron chi connectivity index (χ1n) is 11.2. The molecule has 0 saturated heterocycles. The number of aromatic nitrogens is 1. The molecule has 0 radical (unpaired) electrons. The number of H-pyrrole nitrogens is 1. The molecule has 162 valence electrons. The van der Waals surface area contributed by atoms with E-state index >= 15 is 0 Å². The van der Waals surface area contributed by atoms with E-state index in [-0.39, 0.29) is 12.0 Å². The number of carboxylic acids is 1. The normalized spacial score (nSPS) is 19.0. The van der Waals surface area contributed by atoms with Crippen molar-refractivity contribution in [3.05, 3.63) is 77.5 Å². The van der Waals surface area contributed by atoms with E-state index in [4.69, 9.17) is 5.11 Å². The van der Waals surface area contributed by atoms with Crippen molar-refractivity contribution < 1.29 is 9.90 Å². The molecule has 4 heteroatoms. The summed E-state index contributed by atoms with van der Waals surface area (Å²) in [6.07, 6.45) is 8.24. The van der Waals surface area contributed by atoms with Crippen molar-refractivity contribution >= 4 is 22.4 Å². The molecular formula is C27H32N2O2. The number of benzene rings is 2. The Bertz CT molecular complexity index is 1080. The first kappa shape index (κ1) is 21.4. The third-order valence-corrected chi connectivity index (χ3v) is 6.86. The summed E-state index contributed by atoms with van der Waals surface area (Å²) in [4.78, 5) is 17.1. The molecule has 0 amide bonds. The van der Waals surface area contributed by atoms with Gasteiger partial charge in [-0.1, -0.05) is 54.6 Å². The zero-order valence-corrected chi connectivity index (χ0v) is 18.5. The van der Waals surface area contributed by atoms with Crippen LogP contribution in [-0.2, 0) is 17.6 Å². The number of fused-ring (bicyclic) bond motifs is 1. The predicted molar refractivity (Wildman–Crippen MR) is 127 cm³/mol. The summed E-state index contributed by atoms with van der Waals surface area (Å²) < 4.78 is 0. The van der Waals surface area contributed by atoms with E-state index in [0.29, 0.717) is 6.42 Å². The Kier molecular flexibility index (Phi) is 6.28. The minimum atomic E-state index is -0.727. The first-order chi connectivity index (χ1) is 15.0. The number of aryl methyl sites for hydroxylation is 1. The third kappa shape index (κ3) is 4.59. The highest BCUT2D eigenvalue weighted by Gasteiger charge is 2.35. The Balaban J connectivity index is 1.63. The molecule has 1 aliphatic rings. The van der Waals surface area contributed by atoms with Gasteiger partial charge in [-0.3, -0.25) is 4.79 Å². The molecule has 4 nitrogen and oxygen atoms in total. The van der Waals surface area contributed by atoms with Gasteiger partial charge >= 0.3 is 5.97 Å². The number of hydrogen-bond donors (Lipinski definition) is 2. The van der Waals surface area contributed by atoms with Crippen molar-refractivity contribution in [2.45, 2.75) is 50.5 Å². The van der Waals surface area contributed by atoms with Crippen LogP contribution in [0.4, 0.5) is 0 Å². The summed E-state index contributed by atoms with van der Waals surface area (Å²) in [7, 11) is 4.39. The van der Waals surface area contributed by atoms with Gasteiger partial charge in [0.15, 0.2) is 0 Å². The standard InChI is InChI=1S/C27H32N2O2/c1-29(2)27(19-20-9-4-3-5-10-20)17-15-21(16-18-27)26-23(12-8-14-25(30)31)22-11-6-7-13-24(22)28-26/h3-7,9-11,13,15,28H,8,12,14,16-19H2,1-2H3,(H,30,31). The third-order valence-electron chi connectivity index (χ3n) is 6.86. The van der Waals surface area contributed by atoms with Crippen LogP contribution in [0.25, 0.3) is 16.5 Å². The van der Waals surface area contributed by atoms with Crippen molar-refractivity contribution in [1.29, 1.82) is 0 Å². The molecule has 2 N–H and O–H groups in total. The van der Waals surface area contributed by atoms with E-state index in [1.165, 1.54) is 27.8 Å². The summed E-state index contributed by atoms with van der Waals surface area (Å²) in [5.74, 6) is -0.727. The van der Waals surface area contributed by atoms with Gasteiger partial charge in [0.25, 0.3) is 0 Å². The molecule has 0 spiro atoms. The molecule has 0 aliphatic heterocycles. The Hall–Kier alpha value is -2.85. The molecule has 4 rings (SSSR count). The van der Waals surface area contributed by atoms with Crippen LogP contribution in [0.15, 0.2) is 60.7 Å². The molecule has 31 heavy (non-hydrogen) atoms. The quantitative estimate of drug-likeness (QED) is 0.496. The van der Waals surface area contributed by atoms with Crippen molar-refractivity contribution in [3.8, 4) is 0 Å². The lowest BCUT2D eigenvalue weighted by atomic mass is 9.76. The highest BCUT2D eigenvalue weighted by molar-refractivity contribution is 5.89. The fourth-order valence-corrected chi connectivity index (χ4v) is 4.96. The van der Waals surface area contributed by atoms with E-state index in [2.05, 4.69) is 84.7 Å². The molecular weight excluding hydrogens is 384 g/mol. The minimum absolute atomic E-state index is 0.125. The second-order valence-corrected chi connectivity index (χ2v) is 8.99. The highest BCUT2D eigenvalue weighted by atomic mass is 16.4. The van der Waals surface area contributed by atoms with Gasteiger partial charge in [-0.25, -0.2) is 0 Å². The summed E-state index contributed by atoms with van der Waals surface area (Å²) in [5.41, 5.74) is 6.49. The smallest absolute Gasteiger partial charge is 0.303 e. The van der Waals surface area contributed by atoms with Gasteiger partial charge in [-0.05, 0) is 75.4 Å². The Morgan fingerprint density at radius 1 is 1.10 bits per heavy atom. The predicted octanol–water partition coefficient (Wildman–Crippen LogP) is 5.69. The van der Waals surface area contributed by atoms with Crippen LogP contribution in [0.3, 0.4) is 0 Å². The van der Waals surface area contributed by atoms with Crippen molar-refractivity contribution in [2.75, 3.05) is 14.1 Å². The number of carboxylic acid groups (broad SMARTS) is 1. The molecule has 1 atom stereocenters. The number of rotatable bonds is 8. The molecule has 1 aromatic heterocycles. The number of carbonyl (C=O) groups is 1. The van der Waals surface area contributed by atoms with Crippen LogP contribution in [0.1, 0.15) is 48.9 Å².